The minimum atomic E-state index is -1.78. The van der Waals surface area contributed by atoms with E-state index in [9.17, 15) is 20.1 Å². The molecule has 10 nitrogen and oxygen atoms in total. The maximum atomic E-state index is 12.1. The SMILES string of the molecule is CC/C=C(\C)C[C@H](C)[C@H](O)[C@@H](C)[C@H]1O[C@]2(C[C@@H](OC)[C@@H]1C)O[C@H]([C@@H](C)[C@@H](O)[C@@H](C)\C=C/C=C/C=C\C=C\C=C/[C@H](CC(=O)O)OC)[C@@H](C)C[C@]2(O)OC. The van der Waals surface area contributed by atoms with Crippen LogP contribution in [0.15, 0.2) is 72.4 Å². The van der Waals surface area contributed by atoms with Gasteiger partial charge in [0.1, 0.15) is 0 Å². The summed E-state index contributed by atoms with van der Waals surface area (Å²) in [6, 6.07) is 0. The van der Waals surface area contributed by atoms with Crippen LogP contribution in [0.3, 0.4) is 0 Å². The predicted molar refractivity (Wildman–Crippen MR) is 209 cm³/mol. The van der Waals surface area contributed by atoms with Gasteiger partial charge >= 0.3 is 5.97 Å². The molecule has 302 valence electrons. The van der Waals surface area contributed by atoms with Crippen LogP contribution in [0.25, 0.3) is 0 Å². The molecule has 0 unspecified atom stereocenters. The monoisotopic (exact) mass is 746 g/mol. The zero-order valence-electron chi connectivity index (χ0n) is 34.1. The molecule has 0 radical (unpaired) electrons. The lowest BCUT2D eigenvalue weighted by molar-refractivity contribution is -0.467. The topological polar surface area (TPSA) is 144 Å². The summed E-state index contributed by atoms with van der Waals surface area (Å²) in [5.74, 6) is -5.37. The number of aliphatic carboxylic acids is 1. The van der Waals surface area contributed by atoms with Gasteiger partial charge in [-0.15, -0.1) is 0 Å². The maximum Gasteiger partial charge on any atom is 0.306 e. The Bertz CT molecular complexity index is 1290. The van der Waals surface area contributed by atoms with E-state index in [-0.39, 0.29) is 60.9 Å². The Hall–Kier alpha value is -2.41. The highest BCUT2D eigenvalue weighted by molar-refractivity contribution is 5.67. The molecule has 53 heavy (non-hydrogen) atoms. The van der Waals surface area contributed by atoms with Crippen LogP contribution in [0.1, 0.15) is 87.5 Å². The van der Waals surface area contributed by atoms with Crippen molar-refractivity contribution in [2.75, 3.05) is 21.3 Å². The molecule has 1 spiro atoms. The van der Waals surface area contributed by atoms with E-state index in [2.05, 4.69) is 33.8 Å². The molecule has 2 saturated heterocycles. The Balaban J connectivity index is 2.20. The molecule has 4 N–H and O–H groups in total. The van der Waals surface area contributed by atoms with E-state index in [1.807, 2.05) is 70.2 Å². The number of hydrogen-bond acceptors (Lipinski definition) is 9. The number of carbonyl (C=O) groups is 1. The fourth-order valence-corrected chi connectivity index (χ4v) is 8.02. The van der Waals surface area contributed by atoms with Crippen molar-refractivity contribution >= 4 is 5.97 Å². The number of carboxylic acids is 1. The Morgan fingerprint density at radius 3 is 1.91 bits per heavy atom. The standard InChI is InChI=1S/C43H70O10/c1-12-21-28(2)24-30(4)39(47)34(8)41-32(6)36(50-10)27-43(53-41)42(48,51-11)26-31(5)40(52-43)33(7)38(46)29(3)22-19-17-15-13-14-16-18-20-23-35(49-9)25-37(44)45/h13-23,29-36,38-41,46-48H,12,24-27H2,1-11H3,(H,44,45)/b14-13-,17-15+,18-16+,22-19-,23-20-,28-21+/t29-,30-,31-,32-,33-,34+,35+,36+,38-,39-,40-,41-,42-,43-/m0/s1. The average Bonchev–Trinajstić information content (AvgIpc) is 3.12. The van der Waals surface area contributed by atoms with Gasteiger partial charge in [-0.1, -0.05) is 121 Å². The van der Waals surface area contributed by atoms with Crippen LogP contribution >= 0.6 is 0 Å². The van der Waals surface area contributed by atoms with Gasteiger partial charge < -0.3 is 44.1 Å². The molecular formula is C43H70O10. The lowest BCUT2D eigenvalue weighted by atomic mass is 9.73. The van der Waals surface area contributed by atoms with Crippen molar-refractivity contribution in [2.45, 2.75) is 136 Å². The minimum Gasteiger partial charge on any atom is -0.481 e. The number of aliphatic hydroxyl groups is 3. The molecule has 2 heterocycles. The summed E-state index contributed by atoms with van der Waals surface area (Å²) in [7, 11) is 4.59. The van der Waals surface area contributed by atoms with Crippen LogP contribution in [-0.2, 0) is 28.5 Å². The van der Waals surface area contributed by atoms with Crippen molar-refractivity contribution in [1.82, 2.24) is 0 Å². The van der Waals surface area contributed by atoms with Crippen LogP contribution in [0.5, 0.6) is 0 Å². The lowest BCUT2D eigenvalue weighted by Crippen LogP contribution is -2.71. The molecule has 0 aromatic rings. The fourth-order valence-electron chi connectivity index (χ4n) is 8.02. The molecule has 0 aromatic carbocycles. The first-order valence-electron chi connectivity index (χ1n) is 19.3. The summed E-state index contributed by atoms with van der Waals surface area (Å²) >= 11 is 0. The number of rotatable bonds is 20. The highest BCUT2D eigenvalue weighted by atomic mass is 16.8. The molecule has 0 bridgehead atoms. The van der Waals surface area contributed by atoms with E-state index in [0.29, 0.717) is 0 Å². The van der Waals surface area contributed by atoms with Gasteiger partial charge in [-0.3, -0.25) is 4.79 Å². The van der Waals surface area contributed by atoms with Crippen molar-refractivity contribution < 1.29 is 48.9 Å². The second-order valence-electron chi connectivity index (χ2n) is 15.4. The summed E-state index contributed by atoms with van der Waals surface area (Å²) in [6.45, 7) is 16.2. The van der Waals surface area contributed by atoms with Gasteiger partial charge in [0.2, 0.25) is 11.6 Å². The van der Waals surface area contributed by atoms with Crippen LogP contribution < -0.4 is 0 Å². The van der Waals surface area contributed by atoms with Gasteiger partial charge in [0.05, 0.1) is 43.0 Å². The normalized spacial score (nSPS) is 32.9. The van der Waals surface area contributed by atoms with Crippen LogP contribution in [-0.4, -0.2) is 95.9 Å². The number of methoxy groups -OCH3 is 3. The van der Waals surface area contributed by atoms with E-state index in [0.717, 1.165) is 12.8 Å². The quantitative estimate of drug-likeness (QED) is 0.0576. The summed E-state index contributed by atoms with van der Waals surface area (Å²) in [6.07, 6.45) is 19.5. The van der Waals surface area contributed by atoms with Gasteiger partial charge in [0.25, 0.3) is 0 Å². The molecule has 0 amide bonds. The first-order chi connectivity index (χ1) is 25.0. The second kappa shape index (κ2) is 22.2. The van der Waals surface area contributed by atoms with E-state index in [1.54, 1.807) is 25.3 Å². The maximum absolute atomic E-state index is 12.1. The molecule has 0 saturated carbocycles. The van der Waals surface area contributed by atoms with Gasteiger partial charge in [-0.05, 0) is 31.6 Å². The number of hydrogen-bond donors (Lipinski definition) is 4. The van der Waals surface area contributed by atoms with Crippen molar-refractivity contribution in [1.29, 1.82) is 0 Å². The molecule has 2 aliphatic heterocycles. The number of allylic oxidation sites excluding steroid dienone is 10. The summed E-state index contributed by atoms with van der Waals surface area (Å²) in [5.41, 5.74) is 1.24. The third-order valence-corrected chi connectivity index (χ3v) is 11.3. The van der Waals surface area contributed by atoms with Gasteiger partial charge in [0.15, 0.2) is 0 Å². The first-order valence-corrected chi connectivity index (χ1v) is 19.3. The second-order valence-corrected chi connectivity index (χ2v) is 15.4. The van der Waals surface area contributed by atoms with E-state index < -0.39 is 48.1 Å². The Labute approximate surface area is 319 Å². The number of carboxylic acid groups (broad SMARTS) is 1. The highest BCUT2D eigenvalue weighted by Gasteiger charge is 2.65. The van der Waals surface area contributed by atoms with Crippen molar-refractivity contribution in [2.24, 2.45) is 35.5 Å². The highest BCUT2D eigenvalue weighted by Crippen LogP contribution is 2.52. The Morgan fingerprint density at radius 2 is 1.38 bits per heavy atom. The zero-order valence-corrected chi connectivity index (χ0v) is 34.1. The van der Waals surface area contributed by atoms with Crippen LogP contribution in [0, 0.1) is 35.5 Å². The van der Waals surface area contributed by atoms with Crippen LogP contribution in [0.4, 0.5) is 0 Å². The van der Waals surface area contributed by atoms with E-state index in [4.69, 9.17) is 28.8 Å². The summed E-state index contributed by atoms with van der Waals surface area (Å²) in [4.78, 5) is 10.8. The summed E-state index contributed by atoms with van der Waals surface area (Å²) in [5, 5.41) is 44.1. The fraction of sp³-hybridized carbons (Fsp3) is 0.698. The predicted octanol–water partition coefficient (Wildman–Crippen LogP) is 7.17. The largest absolute Gasteiger partial charge is 0.481 e. The average molecular weight is 747 g/mol. The van der Waals surface area contributed by atoms with E-state index in [1.165, 1.54) is 19.8 Å². The zero-order chi connectivity index (χ0) is 39.9. The molecule has 0 aromatic heterocycles. The van der Waals surface area contributed by atoms with Gasteiger partial charge in [-0.2, -0.15) is 0 Å². The Kier molecular flexibility index (Phi) is 19.6. The third kappa shape index (κ3) is 12.8. The van der Waals surface area contributed by atoms with Crippen molar-refractivity contribution in [3.8, 4) is 0 Å². The molecule has 0 aliphatic carbocycles. The Morgan fingerprint density at radius 1 is 0.830 bits per heavy atom. The molecular weight excluding hydrogens is 676 g/mol. The van der Waals surface area contributed by atoms with Crippen LogP contribution in [0.2, 0.25) is 0 Å². The van der Waals surface area contributed by atoms with E-state index >= 15 is 0 Å². The molecule has 14 atom stereocenters. The number of ether oxygens (including phenoxy) is 5. The molecule has 10 heteroatoms. The lowest BCUT2D eigenvalue weighted by Gasteiger charge is -2.59. The molecule has 2 fully saturated rings. The van der Waals surface area contributed by atoms with Crippen molar-refractivity contribution in [3.05, 3.63) is 72.4 Å². The first kappa shape index (κ1) is 46.7. The smallest absolute Gasteiger partial charge is 0.306 e. The summed E-state index contributed by atoms with van der Waals surface area (Å²) < 4.78 is 30.7. The van der Waals surface area contributed by atoms with Gasteiger partial charge in [0, 0.05) is 57.8 Å². The van der Waals surface area contributed by atoms with Gasteiger partial charge in [-0.25, -0.2) is 0 Å². The number of aliphatic hydroxyl groups excluding tert-OH is 2. The van der Waals surface area contributed by atoms with Crippen molar-refractivity contribution in [3.63, 3.8) is 0 Å². The molecule has 2 rings (SSSR count). The molecule has 2 aliphatic rings. The minimum absolute atomic E-state index is 0.00791. The third-order valence-electron chi connectivity index (χ3n) is 11.3.